The minimum absolute atomic E-state index is 0. The summed E-state index contributed by atoms with van der Waals surface area (Å²) in [7, 11) is 0. The molecule has 0 spiro atoms. The van der Waals surface area contributed by atoms with Crippen LogP contribution < -0.4 is 0 Å². The summed E-state index contributed by atoms with van der Waals surface area (Å²) in [5, 5.41) is 0. The summed E-state index contributed by atoms with van der Waals surface area (Å²) in [6.45, 7) is 6.02. The molecule has 0 amide bonds. The van der Waals surface area contributed by atoms with Crippen molar-refractivity contribution in [3.8, 4) is 0 Å². The molecule has 0 atom stereocenters. The van der Waals surface area contributed by atoms with E-state index in [9.17, 15) is 0 Å². The van der Waals surface area contributed by atoms with Crippen LogP contribution in [0.2, 0.25) is 0 Å². The Morgan fingerprint density at radius 3 is 1.81 bits per heavy atom. The number of benzene rings is 1. The molecule has 16 heavy (non-hydrogen) atoms. The first-order valence-corrected chi connectivity index (χ1v) is 5.62. The molecule has 0 saturated carbocycles. The number of hydrogen-bond donors (Lipinski definition) is 0. The molecule has 1 aromatic carbocycles. The van der Waals surface area contributed by atoms with Crippen molar-refractivity contribution in [1.29, 1.82) is 0 Å². The van der Waals surface area contributed by atoms with E-state index in [2.05, 4.69) is 19.9 Å². The molecule has 0 aliphatic carbocycles. The quantitative estimate of drug-likeness (QED) is 0.413. The van der Waals surface area contributed by atoms with E-state index in [0.717, 1.165) is 6.42 Å². The van der Waals surface area contributed by atoms with Crippen molar-refractivity contribution in [1.82, 2.24) is 0 Å². The van der Waals surface area contributed by atoms with Crippen molar-refractivity contribution in [2.24, 2.45) is 0 Å². The fourth-order valence-corrected chi connectivity index (χ4v) is 1.12. The summed E-state index contributed by atoms with van der Waals surface area (Å²) in [4.78, 5) is 0. The van der Waals surface area contributed by atoms with Crippen molar-refractivity contribution >= 4 is 40.0 Å². The van der Waals surface area contributed by atoms with E-state index in [1.165, 1.54) is 32.1 Å². The van der Waals surface area contributed by atoms with Crippen LogP contribution in [0.25, 0.3) is 0 Å². The zero-order valence-electron chi connectivity index (χ0n) is 10.5. The van der Waals surface area contributed by atoms with E-state index in [1.807, 2.05) is 30.3 Å². The molecule has 1 aromatic rings. The van der Waals surface area contributed by atoms with Gasteiger partial charge in [-0.25, -0.2) is 0 Å². The van der Waals surface area contributed by atoms with Gasteiger partial charge in [-0.05, 0) is 0 Å². The van der Waals surface area contributed by atoms with Gasteiger partial charge in [0.2, 0.25) is 0 Å². The van der Waals surface area contributed by atoms with Gasteiger partial charge in [-0.2, -0.15) is 42.8 Å². The fraction of sp³-hybridized carbons (Fsp3) is 0.500. The molecule has 0 N–H and O–H groups in total. The van der Waals surface area contributed by atoms with Gasteiger partial charge in [0.1, 0.15) is 0 Å². The minimum atomic E-state index is 0. The van der Waals surface area contributed by atoms with Crippen LogP contribution in [0.15, 0.2) is 30.3 Å². The molecule has 2 heteroatoms. The van der Waals surface area contributed by atoms with Crippen LogP contribution in [0.5, 0.6) is 0 Å². The van der Waals surface area contributed by atoms with E-state index >= 15 is 0 Å². The molecule has 0 heterocycles. The Labute approximate surface area is 128 Å². The predicted octanol–water partition coefficient (Wildman–Crippen LogP) is 4.86. The van der Waals surface area contributed by atoms with Crippen LogP contribution in [-0.2, 0) is 0 Å². The van der Waals surface area contributed by atoms with Gasteiger partial charge >= 0.3 is 23.1 Å². The van der Waals surface area contributed by atoms with Crippen molar-refractivity contribution in [3.63, 3.8) is 0 Å². The van der Waals surface area contributed by atoms with E-state index in [-0.39, 0.29) is 40.0 Å². The Kier molecular flexibility index (Phi) is 28.3. The van der Waals surface area contributed by atoms with Crippen molar-refractivity contribution in [2.45, 2.75) is 45.4 Å². The van der Waals surface area contributed by atoms with Gasteiger partial charge in [-0.3, -0.25) is 0 Å². The summed E-state index contributed by atoms with van der Waals surface area (Å²) in [5.41, 5.74) is 0. The first kappa shape index (κ1) is 21.7. The van der Waals surface area contributed by atoms with Crippen LogP contribution in [0.1, 0.15) is 45.4 Å². The molecular weight excluding hydrogens is 272 g/mol. The van der Waals surface area contributed by atoms with Crippen LogP contribution in [0, 0.1) is 13.0 Å². The maximum atomic E-state index is 3.78. The molecule has 0 aliphatic rings. The normalized spacial score (nSPS) is 7.88. The SMILES string of the molecule is Br.[CH2-]CCCCCCC.[Mg+2].[c-]1ccccc1. The standard InChI is InChI=1S/C8H17.C6H5.BrH.Mg/c1-3-5-7-8-6-4-2;1-2-4-6-5-3-1;;/h1,3-8H2,2H3;1-5H;1H;/q2*-1;;+2. The summed E-state index contributed by atoms with van der Waals surface area (Å²) >= 11 is 0. The molecule has 0 nitrogen and oxygen atoms in total. The Balaban J connectivity index is -0.000000192. The van der Waals surface area contributed by atoms with Gasteiger partial charge in [-0.1, -0.05) is 39.0 Å². The van der Waals surface area contributed by atoms with Gasteiger partial charge in [0.15, 0.2) is 0 Å². The third kappa shape index (κ3) is 20.0. The number of halogens is 1. The Bertz CT molecular complexity index is 145. The topological polar surface area (TPSA) is 0 Å². The molecule has 0 bridgehead atoms. The molecule has 0 unspecified atom stereocenters. The van der Waals surface area contributed by atoms with Gasteiger partial charge in [0.25, 0.3) is 0 Å². The predicted molar refractivity (Wildman–Crippen MR) is 80.1 cm³/mol. The molecule has 0 saturated heterocycles. The van der Waals surface area contributed by atoms with Gasteiger partial charge in [0, 0.05) is 0 Å². The second-order valence-corrected chi connectivity index (χ2v) is 3.35. The molecule has 0 fully saturated rings. The maximum absolute atomic E-state index is 3.78. The second kappa shape index (κ2) is 20.8. The van der Waals surface area contributed by atoms with Crippen LogP contribution in [0.4, 0.5) is 0 Å². The summed E-state index contributed by atoms with van der Waals surface area (Å²) in [6, 6.07) is 12.5. The number of hydrogen-bond acceptors (Lipinski definition) is 0. The maximum Gasteiger partial charge on any atom is 2.00 e. The zero-order valence-corrected chi connectivity index (χ0v) is 13.6. The van der Waals surface area contributed by atoms with Crippen molar-refractivity contribution in [3.05, 3.63) is 43.3 Å². The molecule has 0 aliphatic heterocycles. The number of rotatable bonds is 5. The monoisotopic (exact) mass is 294 g/mol. The largest absolute Gasteiger partial charge is 2.00 e. The van der Waals surface area contributed by atoms with Gasteiger partial charge in [-0.15, -0.1) is 17.0 Å². The summed E-state index contributed by atoms with van der Waals surface area (Å²) in [5.74, 6) is 0. The Morgan fingerprint density at radius 2 is 1.50 bits per heavy atom. The Morgan fingerprint density at radius 1 is 0.938 bits per heavy atom. The van der Waals surface area contributed by atoms with Gasteiger partial charge in [0.05, 0.1) is 0 Å². The minimum Gasteiger partial charge on any atom is -0.343 e. The first-order chi connectivity index (χ1) is 6.91. The third-order valence-corrected chi connectivity index (χ3v) is 1.96. The first-order valence-electron chi connectivity index (χ1n) is 5.62. The van der Waals surface area contributed by atoms with Crippen LogP contribution in [-0.4, -0.2) is 23.1 Å². The molecular formula is C14H23BrMg. The van der Waals surface area contributed by atoms with Crippen LogP contribution in [0.3, 0.4) is 0 Å². The van der Waals surface area contributed by atoms with E-state index < -0.39 is 0 Å². The van der Waals surface area contributed by atoms with E-state index in [0.29, 0.717) is 0 Å². The third-order valence-electron chi connectivity index (χ3n) is 1.96. The molecule has 88 valence electrons. The smallest absolute Gasteiger partial charge is 0.343 e. The zero-order chi connectivity index (χ0) is 10.5. The summed E-state index contributed by atoms with van der Waals surface area (Å²) in [6.07, 6.45) is 7.98. The van der Waals surface area contributed by atoms with Crippen molar-refractivity contribution in [2.75, 3.05) is 0 Å². The average molecular weight is 296 g/mol. The summed E-state index contributed by atoms with van der Waals surface area (Å²) < 4.78 is 0. The molecule has 0 aromatic heterocycles. The van der Waals surface area contributed by atoms with Crippen molar-refractivity contribution < 1.29 is 0 Å². The Hall–Kier alpha value is 0.466. The van der Waals surface area contributed by atoms with E-state index in [1.54, 1.807) is 0 Å². The average Bonchev–Trinajstić information content (AvgIpc) is 2.28. The van der Waals surface area contributed by atoms with E-state index in [4.69, 9.17) is 0 Å². The van der Waals surface area contributed by atoms with Crippen LogP contribution >= 0.6 is 17.0 Å². The molecule has 1 rings (SSSR count). The second-order valence-electron chi connectivity index (χ2n) is 3.35. The van der Waals surface area contributed by atoms with Gasteiger partial charge < -0.3 is 6.92 Å². The molecule has 0 radical (unpaired) electrons. The fourth-order valence-electron chi connectivity index (χ4n) is 1.12. The number of unbranched alkanes of at least 4 members (excludes halogenated alkanes) is 5.